The van der Waals surface area contributed by atoms with E-state index in [1.165, 1.54) is 0 Å². The van der Waals surface area contributed by atoms with Gasteiger partial charge in [0.15, 0.2) is 0 Å². The van der Waals surface area contributed by atoms with Crippen molar-refractivity contribution in [3.8, 4) is 0 Å². The molecule has 0 unspecified atom stereocenters. The second kappa shape index (κ2) is 6.33. The van der Waals surface area contributed by atoms with E-state index in [-0.39, 0.29) is 17.7 Å². The summed E-state index contributed by atoms with van der Waals surface area (Å²) in [6.07, 6.45) is 2.99. The number of hydrogen-bond acceptors (Lipinski definition) is 3. The molecule has 18 heavy (non-hydrogen) atoms. The van der Waals surface area contributed by atoms with Gasteiger partial charge in [-0.2, -0.15) is 0 Å². The molecule has 5 nitrogen and oxygen atoms in total. The molecule has 6 heteroatoms. The van der Waals surface area contributed by atoms with Crippen LogP contribution in [0.2, 0.25) is 0 Å². The monoisotopic (exact) mass is 274 g/mol. The van der Waals surface area contributed by atoms with Crippen molar-refractivity contribution in [2.24, 2.45) is 0 Å². The first kappa shape index (κ1) is 15.2. The fourth-order valence-electron chi connectivity index (χ4n) is 1.89. The van der Waals surface area contributed by atoms with Crippen molar-refractivity contribution < 1.29 is 13.2 Å². The summed E-state index contributed by atoms with van der Waals surface area (Å²) >= 11 is 0. The number of nitrogens with zero attached hydrogens (tertiary/aromatic N) is 1. The lowest BCUT2D eigenvalue weighted by Crippen LogP contribution is -2.46. The van der Waals surface area contributed by atoms with Crippen LogP contribution < -0.4 is 4.72 Å². The molecule has 104 valence electrons. The Bertz CT molecular complexity index is 417. The van der Waals surface area contributed by atoms with E-state index in [1.54, 1.807) is 17.9 Å². The first-order valence-corrected chi connectivity index (χ1v) is 7.93. The third-order valence-corrected chi connectivity index (χ3v) is 4.40. The third kappa shape index (κ3) is 4.78. The van der Waals surface area contributed by atoms with Crippen LogP contribution in [0.4, 0.5) is 0 Å². The SMILES string of the molecule is CCS(=O)(=O)NC1CCN(C(=O)C=C(C)C)CC1. The predicted octanol–water partition coefficient (Wildman–Crippen LogP) is 0.883. The van der Waals surface area contributed by atoms with Crippen LogP contribution in [-0.2, 0) is 14.8 Å². The molecule has 0 atom stereocenters. The lowest BCUT2D eigenvalue weighted by Gasteiger charge is -2.31. The van der Waals surface area contributed by atoms with Gasteiger partial charge < -0.3 is 4.90 Å². The molecule has 0 aliphatic carbocycles. The minimum absolute atomic E-state index is 0.0202. The Labute approximate surface area is 109 Å². The van der Waals surface area contributed by atoms with Crippen LogP contribution in [0.15, 0.2) is 11.6 Å². The normalized spacial score (nSPS) is 17.6. The van der Waals surface area contributed by atoms with Gasteiger partial charge in [0.25, 0.3) is 0 Å². The van der Waals surface area contributed by atoms with E-state index >= 15 is 0 Å². The fourth-order valence-corrected chi connectivity index (χ4v) is 2.80. The number of rotatable bonds is 4. The second-order valence-electron chi connectivity index (χ2n) is 4.84. The number of carbonyl (C=O) groups is 1. The summed E-state index contributed by atoms with van der Waals surface area (Å²) in [6, 6.07) is -0.0364. The highest BCUT2D eigenvalue weighted by atomic mass is 32.2. The standard InChI is InChI=1S/C12H22N2O3S/c1-4-18(16,17)13-11-5-7-14(8-6-11)12(15)9-10(2)3/h9,11,13H,4-8H2,1-3H3. The highest BCUT2D eigenvalue weighted by Crippen LogP contribution is 2.12. The van der Waals surface area contributed by atoms with Gasteiger partial charge in [0.1, 0.15) is 0 Å². The van der Waals surface area contributed by atoms with Crippen molar-refractivity contribution in [1.29, 1.82) is 0 Å². The van der Waals surface area contributed by atoms with E-state index in [9.17, 15) is 13.2 Å². The average Bonchev–Trinajstić information content (AvgIpc) is 2.28. The Morgan fingerprint density at radius 3 is 2.33 bits per heavy atom. The molecule has 1 fully saturated rings. The first-order valence-electron chi connectivity index (χ1n) is 6.28. The van der Waals surface area contributed by atoms with Crippen molar-refractivity contribution in [1.82, 2.24) is 9.62 Å². The van der Waals surface area contributed by atoms with Crippen LogP contribution in [0, 0.1) is 0 Å². The van der Waals surface area contributed by atoms with E-state index in [2.05, 4.69) is 4.72 Å². The minimum atomic E-state index is -3.14. The molecule has 0 radical (unpaired) electrons. The number of hydrogen-bond donors (Lipinski definition) is 1. The van der Waals surface area contributed by atoms with E-state index in [4.69, 9.17) is 0 Å². The molecule has 0 aromatic carbocycles. The quantitative estimate of drug-likeness (QED) is 0.774. The third-order valence-electron chi connectivity index (χ3n) is 2.95. The Kier molecular flexibility index (Phi) is 5.34. The highest BCUT2D eigenvalue weighted by molar-refractivity contribution is 7.89. The van der Waals surface area contributed by atoms with Gasteiger partial charge in [0, 0.05) is 25.2 Å². The van der Waals surface area contributed by atoms with Gasteiger partial charge in [0.05, 0.1) is 5.75 Å². The van der Waals surface area contributed by atoms with Gasteiger partial charge in [-0.05, 0) is 33.6 Å². The molecular weight excluding hydrogens is 252 g/mol. The summed E-state index contributed by atoms with van der Waals surface area (Å²) in [5.41, 5.74) is 0.980. The van der Waals surface area contributed by atoms with Crippen molar-refractivity contribution in [3.63, 3.8) is 0 Å². The molecule has 0 aromatic heterocycles. The maximum atomic E-state index is 11.8. The Balaban J connectivity index is 2.47. The Morgan fingerprint density at radius 2 is 1.89 bits per heavy atom. The molecule has 0 bridgehead atoms. The van der Waals surface area contributed by atoms with Crippen LogP contribution in [-0.4, -0.2) is 44.1 Å². The largest absolute Gasteiger partial charge is 0.339 e. The number of amides is 1. The molecule has 0 spiro atoms. The molecule has 1 heterocycles. The van der Waals surface area contributed by atoms with Crippen molar-refractivity contribution in [2.75, 3.05) is 18.8 Å². The molecular formula is C12H22N2O3S. The van der Waals surface area contributed by atoms with Gasteiger partial charge in [0.2, 0.25) is 15.9 Å². The number of likely N-dealkylation sites (tertiary alicyclic amines) is 1. The lowest BCUT2D eigenvalue weighted by atomic mass is 10.1. The Morgan fingerprint density at radius 1 is 1.33 bits per heavy atom. The zero-order chi connectivity index (χ0) is 13.8. The van der Waals surface area contributed by atoms with Crippen molar-refractivity contribution in [2.45, 2.75) is 39.7 Å². The van der Waals surface area contributed by atoms with Crippen LogP contribution in [0.3, 0.4) is 0 Å². The summed E-state index contributed by atoms with van der Waals surface area (Å²) in [7, 11) is -3.14. The van der Waals surface area contributed by atoms with Gasteiger partial charge >= 0.3 is 0 Å². The molecule has 0 saturated carbocycles. The number of sulfonamides is 1. The van der Waals surface area contributed by atoms with Crippen LogP contribution >= 0.6 is 0 Å². The average molecular weight is 274 g/mol. The summed E-state index contributed by atoms with van der Waals surface area (Å²) in [4.78, 5) is 13.5. The zero-order valence-electron chi connectivity index (χ0n) is 11.3. The number of piperidine rings is 1. The highest BCUT2D eigenvalue weighted by Gasteiger charge is 2.24. The number of nitrogens with one attached hydrogen (secondary N) is 1. The lowest BCUT2D eigenvalue weighted by molar-refractivity contribution is -0.127. The summed E-state index contributed by atoms with van der Waals surface area (Å²) in [5.74, 6) is 0.121. The first-order chi connectivity index (χ1) is 8.34. The van der Waals surface area contributed by atoms with E-state index in [0.29, 0.717) is 25.9 Å². The number of carbonyl (C=O) groups excluding carboxylic acids is 1. The molecule has 0 aromatic rings. The van der Waals surface area contributed by atoms with Gasteiger partial charge in [-0.25, -0.2) is 13.1 Å². The van der Waals surface area contributed by atoms with Crippen LogP contribution in [0.5, 0.6) is 0 Å². The number of allylic oxidation sites excluding steroid dienone is 1. The predicted molar refractivity (Wildman–Crippen MR) is 71.6 cm³/mol. The minimum Gasteiger partial charge on any atom is -0.339 e. The summed E-state index contributed by atoms with van der Waals surface area (Å²) < 4.78 is 25.5. The maximum absolute atomic E-state index is 11.8. The molecule has 1 aliphatic heterocycles. The second-order valence-corrected chi connectivity index (χ2v) is 6.89. The molecule has 1 saturated heterocycles. The van der Waals surface area contributed by atoms with Gasteiger partial charge in [-0.1, -0.05) is 5.57 Å². The van der Waals surface area contributed by atoms with E-state index in [1.807, 2.05) is 13.8 Å². The summed E-state index contributed by atoms with van der Waals surface area (Å²) in [5, 5.41) is 0. The van der Waals surface area contributed by atoms with Crippen molar-refractivity contribution in [3.05, 3.63) is 11.6 Å². The van der Waals surface area contributed by atoms with Gasteiger partial charge in [-0.3, -0.25) is 4.79 Å². The molecule has 1 rings (SSSR count). The topological polar surface area (TPSA) is 66.5 Å². The van der Waals surface area contributed by atoms with Gasteiger partial charge in [-0.15, -0.1) is 0 Å². The van der Waals surface area contributed by atoms with Crippen LogP contribution in [0.1, 0.15) is 33.6 Å². The molecule has 1 N–H and O–H groups in total. The smallest absolute Gasteiger partial charge is 0.246 e. The molecule has 1 amide bonds. The van der Waals surface area contributed by atoms with E-state index < -0.39 is 10.0 Å². The zero-order valence-corrected chi connectivity index (χ0v) is 12.1. The molecule has 1 aliphatic rings. The Hall–Kier alpha value is -0.880. The fraction of sp³-hybridized carbons (Fsp3) is 0.750. The van der Waals surface area contributed by atoms with Crippen molar-refractivity contribution >= 4 is 15.9 Å². The summed E-state index contributed by atoms with van der Waals surface area (Å²) in [6.45, 7) is 6.62. The van der Waals surface area contributed by atoms with Crippen LogP contribution in [0.25, 0.3) is 0 Å². The van der Waals surface area contributed by atoms with E-state index in [0.717, 1.165) is 5.57 Å². The maximum Gasteiger partial charge on any atom is 0.246 e.